The van der Waals surface area contributed by atoms with Crippen LogP contribution in [0.2, 0.25) is 0 Å². The fourth-order valence-electron chi connectivity index (χ4n) is 1.83. The molecule has 1 aromatic heterocycles. The van der Waals surface area contributed by atoms with Gasteiger partial charge in [0.05, 0.1) is 0 Å². The fourth-order valence-corrected chi connectivity index (χ4v) is 2.07. The van der Waals surface area contributed by atoms with Gasteiger partial charge in [-0.05, 0) is 43.8 Å². The van der Waals surface area contributed by atoms with E-state index in [1.165, 1.54) is 12.1 Å². The molecular formula is C16H20FN3OS. The number of rotatable bonds is 3. The van der Waals surface area contributed by atoms with Gasteiger partial charge in [-0.25, -0.2) is 4.39 Å². The summed E-state index contributed by atoms with van der Waals surface area (Å²) in [5.74, 6) is -0.304. The Labute approximate surface area is 134 Å². The highest BCUT2D eigenvalue weighted by Gasteiger charge is 2.08. The maximum absolute atomic E-state index is 12.9. The van der Waals surface area contributed by atoms with Gasteiger partial charge < -0.3 is 10.3 Å². The van der Waals surface area contributed by atoms with E-state index in [4.69, 9.17) is 12.2 Å². The van der Waals surface area contributed by atoms with Gasteiger partial charge in [0.25, 0.3) is 5.56 Å². The molecule has 118 valence electrons. The molecule has 0 aliphatic rings. The van der Waals surface area contributed by atoms with Crippen LogP contribution in [0.25, 0.3) is 5.70 Å². The van der Waals surface area contributed by atoms with Crippen LogP contribution in [-0.2, 0) is 0 Å². The lowest BCUT2D eigenvalue weighted by Gasteiger charge is -2.12. The first-order chi connectivity index (χ1) is 10.5. The van der Waals surface area contributed by atoms with Crippen LogP contribution in [0.3, 0.4) is 0 Å². The summed E-state index contributed by atoms with van der Waals surface area (Å²) in [5, 5.41) is 3.05. The predicted molar refractivity (Wildman–Crippen MR) is 92.0 cm³/mol. The Hall–Kier alpha value is -2.21. The molecule has 0 radical (unpaired) electrons. The number of halogens is 1. The number of hydrogen-bond acceptors (Lipinski definition) is 3. The summed E-state index contributed by atoms with van der Waals surface area (Å²) in [7, 11) is 0. The van der Waals surface area contributed by atoms with E-state index in [1.54, 1.807) is 19.1 Å². The number of nitrogens with one attached hydrogen (secondary N) is 3. The first-order valence-electron chi connectivity index (χ1n) is 7.03. The van der Waals surface area contributed by atoms with Crippen molar-refractivity contribution < 1.29 is 4.39 Å². The van der Waals surface area contributed by atoms with Gasteiger partial charge in [0, 0.05) is 11.4 Å². The minimum atomic E-state index is -0.304. The molecule has 0 saturated heterocycles. The number of benzene rings is 1. The second kappa shape index (κ2) is 8.29. The van der Waals surface area contributed by atoms with E-state index >= 15 is 0 Å². The van der Waals surface area contributed by atoms with Crippen molar-refractivity contribution in [1.29, 1.82) is 0 Å². The molecule has 0 saturated carbocycles. The van der Waals surface area contributed by atoms with Crippen molar-refractivity contribution in [3.8, 4) is 0 Å². The van der Waals surface area contributed by atoms with E-state index in [2.05, 4.69) is 15.3 Å². The summed E-state index contributed by atoms with van der Waals surface area (Å²) in [6, 6.07) is 6.03. The highest BCUT2D eigenvalue weighted by Crippen LogP contribution is 2.18. The molecule has 1 heterocycles. The molecule has 0 fully saturated rings. The van der Waals surface area contributed by atoms with Crippen molar-refractivity contribution in [2.24, 2.45) is 0 Å². The number of aromatic nitrogens is 2. The van der Waals surface area contributed by atoms with Crippen LogP contribution in [0.5, 0.6) is 0 Å². The molecule has 4 nitrogen and oxygen atoms in total. The molecule has 0 unspecified atom stereocenters. The highest BCUT2D eigenvalue weighted by atomic mass is 32.1. The Morgan fingerprint density at radius 2 is 1.82 bits per heavy atom. The smallest absolute Gasteiger partial charge is 0.275 e. The lowest BCUT2D eigenvalue weighted by molar-refractivity contribution is 0.627. The van der Waals surface area contributed by atoms with Gasteiger partial charge in [-0.15, -0.1) is 0 Å². The maximum Gasteiger partial charge on any atom is 0.275 e. The molecule has 1 aromatic carbocycles. The summed E-state index contributed by atoms with van der Waals surface area (Å²) in [6.07, 6.45) is 1.81. The molecular weight excluding hydrogens is 301 g/mol. The Balaban J connectivity index is 0.00000116. The van der Waals surface area contributed by atoms with Crippen LogP contribution < -0.4 is 10.9 Å². The molecule has 3 N–H and O–H groups in total. The normalized spacial score (nSPS) is 10.7. The van der Waals surface area contributed by atoms with E-state index in [1.807, 2.05) is 26.8 Å². The van der Waals surface area contributed by atoms with Crippen molar-refractivity contribution in [2.75, 3.05) is 5.32 Å². The monoisotopic (exact) mass is 321 g/mol. The lowest BCUT2D eigenvalue weighted by atomic mass is 10.1. The quantitative estimate of drug-likeness (QED) is 0.735. The Morgan fingerprint density at radius 3 is 2.32 bits per heavy atom. The van der Waals surface area contributed by atoms with Crippen LogP contribution in [0, 0.1) is 17.5 Å². The summed E-state index contributed by atoms with van der Waals surface area (Å²) >= 11 is 4.90. The minimum Gasteiger partial charge on any atom is -0.349 e. The second-order valence-corrected chi connectivity index (χ2v) is 4.65. The van der Waals surface area contributed by atoms with Crippen molar-refractivity contribution >= 4 is 23.6 Å². The SMILES string of the molecule is C/C=C(\Nc1c(C)[nH]c(=S)[nH]c1=O)c1ccc(F)cc1.CC. The van der Waals surface area contributed by atoms with Crippen molar-refractivity contribution in [2.45, 2.75) is 27.7 Å². The number of aryl methyl sites for hydroxylation is 1. The number of hydrogen-bond donors (Lipinski definition) is 3. The Bertz CT molecular complexity index is 760. The topological polar surface area (TPSA) is 60.7 Å². The van der Waals surface area contributed by atoms with Crippen LogP contribution in [0.15, 0.2) is 35.1 Å². The predicted octanol–water partition coefficient (Wildman–Crippen LogP) is 4.38. The minimum absolute atomic E-state index is 0.280. The van der Waals surface area contributed by atoms with Crippen molar-refractivity contribution in [3.63, 3.8) is 0 Å². The standard InChI is InChI=1S/C14H14FN3OS.C2H6/c1-3-11(9-4-6-10(15)7-5-9)17-12-8(2)16-14(20)18-13(12)19;1-2/h3-7,17H,1-2H3,(H2,16,18,19,20);1-2H3/b11-3-;. The van der Waals surface area contributed by atoms with E-state index in [0.29, 0.717) is 17.1 Å². The summed E-state index contributed by atoms with van der Waals surface area (Å²) < 4.78 is 13.2. The summed E-state index contributed by atoms with van der Waals surface area (Å²) in [5.41, 5.74) is 2.23. The summed E-state index contributed by atoms with van der Waals surface area (Å²) in [6.45, 7) is 7.59. The molecule has 6 heteroatoms. The molecule has 2 rings (SSSR count). The summed E-state index contributed by atoms with van der Waals surface area (Å²) in [4.78, 5) is 17.3. The average Bonchev–Trinajstić information content (AvgIpc) is 2.50. The first-order valence-corrected chi connectivity index (χ1v) is 7.44. The molecule has 2 aromatic rings. The van der Waals surface area contributed by atoms with E-state index in [0.717, 1.165) is 5.56 Å². The van der Waals surface area contributed by atoms with Gasteiger partial charge in [0.1, 0.15) is 11.5 Å². The fraction of sp³-hybridized carbons (Fsp3) is 0.250. The molecule has 0 spiro atoms. The Kier molecular flexibility index (Phi) is 6.72. The maximum atomic E-state index is 12.9. The molecule has 0 atom stereocenters. The van der Waals surface area contributed by atoms with Gasteiger partial charge in [0.2, 0.25) is 0 Å². The lowest BCUT2D eigenvalue weighted by Crippen LogP contribution is -2.16. The third-order valence-corrected chi connectivity index (χ3v) is 3.04. The van der Waals surface area contributed by atoms with Crippen LogP contribution in [0.4, 0.5) is 10.1 Å². The van der Waals surface area contributed by atoms with Gasteiger partial charge in [-0.1, -0.05) is 32.1 Å². The van der Waals surface area contributed by atoms with Gasteiger partial charge in [0.15, 0.2) is 4.77 Å². The van der Waals surface area contributed by atoms with Crippen molar-refractivity contribution in [3.05, 3.63) is 62.5 Å². The van der Waals surface area contributed by atoms with Crippen LogP contribution in [-0.4, -0.2) is 9.97 Å². The number of allylic oxidation sites excluding steroid dienone is 1. The largest absolute Gasteiger partial charge is 0.349 e. The third-order valence-electron chi connectivity index (χ3n) is 2.83. The zero-order valence-corrected chi connectivity index (χ0v) is 13.9. The number of H-pyrrole nitrogens is 2. The molecule has 0 amide bonds. The number of anilines is 1. The van der Waals surface area contributed by atoms with E-state index in [9.17, 15) is 9.18 Å². The van der Waals surface area contributed by atoms with Gasteiger partial charge in [-0.2, -0.15) is 0 Å². The zero-order valence-electron chi connectivity index (χ0n) is 13.1. The molecule has 0 bridgehead atoms. The van der Waals surface area contributed by atoms with Crippen molar-refractivity contribution in [1.82, 2.24) is 9.97 Å². The zero-order chi connectivity index (χ0) is 16.7. The van der Waals surface area contributed by atoms with Gasteiger partial charge >= 0.3 is 0 Å². The molecule has 0 aliphatic heterocycles. The average molecular weight is 321 g/mol. The Morgan fingerprint density at radius 1 is 1.23 bits per heavy atom. The van der Waals surface area contributed by atoms with Crippen LogP contribution >= 0.6 is 12.2 Å². The molecule has 0 aliphatic carbocycles. The van der Waals surface area contributed by atoms with Gasteiger partial charge in [-0.3, -0.25) is 9.78 Å². The second-order valence-electron chi connectivity index (χ2n) is 4.24. The van der Waals surface area contributed by atoms with E-state index < -0.39 is 0 Å². The number of aromatic amines is 2. The molecule has 22 heavy (non-hydrogen) atoms. The highest BCUT2D eigenvalue weighted by molar-refractivity contribution is 7.71. The van der Waals surface area contributed by atoms with E-state index in [-0.39, 0.29) is 16.1 Å². The van der Waals surface area contributed by atoms with Crippen LogP contribution in [0.1, 0.15) is 32.0 Å². The third kappa shape index (κ3) is 4.39. The first kappa shape index (κ1) is 17.8.